The summed E-state index contributed by atoms with van der Waals surface area (Å²) >= 11 is 0. The van der Waals surface area contributed by atoms with E-state index in [1.165, 1.54) is 6.42 Å². The van der Waals surface area contributed by atoms with Crippen LogP contribution < -0.4 is 5.32 Å². The number of ether oxygens (including phenoxy) is 2. The number of likely N-dealkylation sites (N-methyl/N-ethyl adjacent to an activating group) is 1. The Labute approximate surface area is 140 Å². The summed E-state index contributed by atoms with van der Waals surface area (Å²) in [6, 6.07) is 0.222. The lowest BCUT2D eigenvalue weighted by Crippen LogP contribution is -2.52. The minimum atomic E-state index is -0.437. The molecule has 2 unspecified atom stereocenters. The van der Waals surface area contributed by atoms with E-state index in [0.29, 0.717) is 0 Å². The van der Waals surface area contributed by atoms with E-state index >= 15 is 0 Å². The van der Waals surface area contributed by atoms with Crippen molar-refractivity contribution in [3.8, 4) is 0 Å². The molecule has 1 N–H and O–H groups in total. The van der Waals surface area contributed by atoms with Gasteiger partial charge in [-0.25, -0.2) is 4.79 Å². The summed E-state index contributed by atoms with van der Waals surface area (Å²) in [5.41, 5.74) is -0.437. The molecule has 1 amide bonds. The molecule has 2 aliphatic heterocycles. The first kappa shape index (κ1) is 18.5. The Hall–Kier alpha value is -0.850. The van der Waals surface area contributed by atoms with Gasteiger partial charge < -0.3 is 24.6 Å². The number of amides is 1. The van der Waals surface area contributed by atoms with Crippen molar-refractivity contribution < 1.29 is 14.3 Å². The van der Waals surface area contributed by atoms with Crippen LogP contribution in [0.25, 0.3) is 0 Å². The van der Waals surface area contributed by atoms with Crippen molar-refractivity contribution in [2.75, 3.05) is 46.4 Å². The summed E-state index contributed by atoms with van der Waals surface area (Å²) in [5, 5.41) is 3.49. The van der Waals surface area contributed by atoms with Gasteiger partial charge in [-0.15, -0.1) is 0 Å². The van der Waals surface area contributed by atoms with Crippen LogP contribution in [0.4, 0.5) is 4.79 Å². The molecular weight excluding hydrogens is 294 g/mol. The molecule has 0 aliphatic carbocycles. The number of morpholine rings is 1. The first-order valence-corrected chi connectivity index (χ1v) is 8.85. The van der Waals surface area contributed by atoms with Gasteiger partial charge in [0.05, 0.1) is 12.7 Å². The van der Waals surface area contributed by atoms with Gasteiger partial charge >= 0.3 is 6.09 Å². The highest BCUT2D eigenvalue weighted by atomic mass is 16.6. The molecule has 0 aromatic carbocycles. The van der Waals surface area contributed by atoms with E-state index in [4.69, 9.17) is 9.47 Å². The number of hydrogen-bond donors (Lipinski definition) is 1. The lowest BCUT2D eigenvalue weighted by atomic mass is 10.0. The van der Waals surface area contributed by atoms with Gasteiger partial charge in [-0.1, -0.05) is 0 Å². The van der Waals surface area contributed by atoms with Gasteiger partial charge in [-0.05, 0) is 47.1 Å². The lowest BCUT2D eigenvalue weighted by Gasteiger charge is -2.37. The molecule has 2 fully saturated rings. The minimum absolute atomic E-state index is 0.183. The van der Waals surface area contributed by atoms with Crippen molar-refractivity contribution >= 4 is 6.09 Å². The zero-order chi connectivity index (χ0) is 16.9. The topological polar surface area (TPSA) is 54.0 Å². The van der Waals surface area contributed by atoms with E-state index in [1.54, 1.807) is 0 Å². The van der Waals surface area contributed by atoms with Gasteiger partial charge in [-0.3, -0.25) is 0 Å². The highest BCUT2D eigenvalue weighted by molar-refractivity contribution is 5.68. The van der Waals surface area contributed by atoms with Crippen molar-refractivity contribution in [1.82, 2.24) is 15.1 Å². The first-order chi connectivity index (χ1) is 10.8. The molecule has 2 aliphatic rings. The van der Waals surface area contributed by atoms with Gasteiger partial charge in [-0.2, -0.15) is 0 Å². The molecule has 6 heteroatoms. The third kappa shape index (κ3) is 6.28. The largest absolute Gasteiger partial charge is 0.444 e. The Morgan fingerprint density at radius 3 is 2.74 bits per heavy atom. The Morgan fingerprint density at radius 1 is 1.26 bits per heavy atom. The minimum Gasteiger partial charge on any atom is -0.444 e. The van der Waals surface area contributed by atoms with E-state index < -0.39 is 5.60 Å². The summed E-state index contributed by atoms with van der Waals surface area (Å²) < 4.78 is 11.3. The van der Waals surface area contributed by atoms with Gasteiger partial charge in [0.15, 0.2) is 0 Å². The second kappa shape index (κ2) is 8.31. The number of carbonyl (C=O) groups is 1. The zero-order valence-corrected chi connectivity index (χ0v) is 15.1. The highest BCUT2D eigenvalue weighted by Crippen LogP contribution is 2.20. The Morgan fingerprint density at radius 2 is 2.04 bits per heavy atom. The molecule has 0 radical (unpaired) electrons. The fourth-order valence-corrected chi connectivity index (χ4v) is 3.17. The number of likely N-dealkylation sites (tertiary alicyclic amines) is 1. The third-order valence-electron chi connectivity index (χ3n) is 4.35. The Kier molecular flexibility index (Phi) is 6.68. The molecular formula is C17H33N3O3. The second-order valence-electron chi connectivity index (χ2n) is 7.74. The van der Waals surface area contributed by atoms with E-state index in [1.807, 2.05) is 25.7 Å². The summed E-state index contributed by atoms with van der Waals surface area (Å²) in [6.07, 6.45) is 3.34. The first-order valence-electron chi connectivity index (χ1n) is 8.85. The molecule has 134 valence electrons. The Balaban J connectivity index is 1.78. The normalized spacial score (nSPS) is 27.0. The fraction of sp³-hybridized carbons (Fsp3) is 0.941. The summed E-state index contributed by atoms with van der Waals surface area (Å²) in [5.74, 6) is 0. The quantitative estimate of drug-likeness (QED) is 0.852. The molecule has 0 bridgehead atoms. The van der Waals surface area contributed by atoms with Gasteiger partial charge in [0.25, 0.3) is 0 Å². The number of nitrogens with zero attached hydrogens (tertiary/aromatic N) is 2. The average Bonchev–Trinajstić information content (AvgIpc) is 2.46. The Bertz CT molecular complexity index is 384. The predicted octanol–water partition coefficient (Wildman–Crippen LogP) is 1.70. The molecule has 0 spiro atoms. The van der Waals surface area contributed by atoms with Crippen molar-refractivity contribution in [3.63, 3.8) is 0 Å². The molecule has 0 saturated carbocycles. The van der Waals surface area contributed by atoms with E-state index in [9.17, 15) is 4.79 Å². The molecule has 0 aromatic rings. The van der Waals surface area contributed by atoms with Crippen molar-refractivity contribution in [2.45, 2.75) is 57.8 Å². The molecule has 6 nitrogen and oxygen atoms in total. The highest BCUT2D eigenvalue weighted by Gasteiger charge is 2.30. The van der Waals surface area contributed by atoms with Crippen LogP contribution in [0.5, 0.6) is 0 Å². The maximum atomic E-state index is 12.4. The number of hydrogen-bond acceptors (Lipinski definition) is 5. The standard InChI is InChI=1S/C17H33N3O3/c1-17(2,3)23-16(21)20-8-6-5-7-14(20)11-18-12-15-13-19(4)9-10-22-15/h14-15,18H,5-13H2,1-4H3. The molecule has 2 rings (SSSR count). The van der Waals surface area contributed by atoms with Crippen molar-refractivity contribution in [1.29, 1.82) is 0 Å². The van der Waals surface area contributed by atoms with E-state index in [0.717, 1.165) is 52.2 Å². The third-order valence-corrected chi connectivity index (χ3v) is 4.35. The molecule has 0 aromatic heterocycles. The van der Waals surface area contributed by atoms with Gasteiger partial charge in [0, 0.05) is 38.8 Å². The SMILES string of the molecule is CN1CCOC(CNCC2CCCCN2C(=O)OC(C)(C)C)C1. The smallest absolute Gasteiger partial charge is 0.410 e. The maximum Gasteiger partial charge on any atom is 0.410 e. The number of carbonyl (C=O) groups excluding carboxylic acids is 1. The number of nitrogens with one attached hydrogen (secondary N) is 1. The van der Waals surface area contributed by atoms with Gasteiger partial charge in [0.2, 0.25) is 0 Å². The van der Waals surface area contributed by atoms with E-state index in [-0.39, 0.29) is 18.2 Å². The van der Waals surface area contributed by atoms with Crippen molar-refractivity contribution in [3.05, 3.63) is 0 Å². The van der Waals surface area contributed by atoms with Crippen LogP contribution in [0.2, 0.25) is 0 Å². The van der Waals surface area contributed by atoms with Crippen LogP contribution in [0.15, 0.2) is 0 Å². The van der Waals surface area contributed by atoms with Crippen LogP contribution in [0.1, 0.15) is 40.0 Å². The fourth-order valence-electron chi connectivity index (χ4n) is 3.17. The van der Waals surface area contributed by atoms with E-state index in [2.05, 4.69) is 17.3 Å². The zero-order valence-electron chi connectivity index (χ0n) is 15.1. The lowest BCUT2D eigenvalue weighted by molar-refractivity contribution is -0.0196. The predicted molar refractivity (Wildman–Crippen MR) is 90.7 cm³/mol. The average molecular weight is 327 g/mol. The van der Waals surface area contributed by atoms with Gasteiger partial charge in [0.1, 0.15) is 5.60 Å². The molecule has 2 heterocycles. The van der Waals surface area contributed by atoms with Crippen LogP contribution >= 0.6 is 0 Å². The monoisotopic (exact) mass is 327 g/mol. The van der Waals surface area contributed by atoms with Crippen LogP contribution in [0, 0.1) is 0 Å². The van der Waals surface area contributed by atoms with Crippen LogP contribution in [0.3, 0.4) is 0 Å². The summed E-state index contributed by atoms with van der Waals surface area (Å²) in [7, 11) is 2.13. The summed E-state index contributed by atoms with van der Waals surface area (Å²) in [4.78, 5) is 16.6. The number of piperidine rings is 1. The second-order valence-corrected chi connectivity index (χ2v) is 7.74. The molecule has 2 atom stereocenters. The molecule has 2 saturated heterocycles. The summed E-state index contributed by atoms with van der Waals surface area (Å²) in [6.45, 7) is 11.0. The van der Waals surface area contributed by atoms with Crippen LogP contribution in [-0.4, -0.2) is 80.0 Å². The maximum absolute atomic E-state index is 12.4. The van der Waals surface area contributed by atoms with Crippen molar-refractivity contribution in [2.24, 2.45) is 0 Å². The van der Waals surface area contributed by atoms with Crippen LogP contribution in [-0.2, 0) is 9.47 Å². The number of rotatable bonds is 4. The molecule has 23 heavy (non-hydrogen) atoms.